The van der Waals surface area contributed by atoms with Crippen LogP contribution in [0.2, 0.25) is 0 Å². The second-order valence-corrected chi connectivity index (χ2v) is 6.30. The van der Waals surface area contributed by atoms with E-state index in [-0.39, 0.29) is 6.61 Å². The Morgan fingerprint density at radius 3 is 2.71 bits per heavy atom. The third-order valence-electron chi connectivity index (χ3n) is 3.53. The fourth-order valence-electron chi connectivity index (χ4n) is 2.37. The quantitative estimate of drug-likeness (QED) is 0.571. The van der Waals surface area contributed by atoms with Crippen LogP contribution >= 0.6 is 11.3 Å². The van der Waals surface area contributed by atoms with Crippen LogP contribution in [0.1, 0.15) is 15.5 Å². The lowest BCUT2D eigenvalue weighted by atomic mass is 10.1. The molecule has 2 aromatic heterocycles. The first-order valence-electron chi connectivity index (χ1n) is 7.42. The van der Waals surface area contributed by atoms with Crippen LogP contribution in [0.3, 0.4) is 0 Å². The minimum absolute atomic E-state index is 0.151. The van der Waals surface area contributed by atoms with Crippen LogP contribution in [0.4, 0.5) is 0 Å². The van der Waals surface area contributed by atoms with E-state index in [1.807, 2.05) is 54.6 Å². The molecular weight excluding hydrogens is 322 g/mol. The van der Waals surface area contributed by atoms with Crippen LogP contribution in [0.5, 0.6) is 0 Å². The van der Waals surface area contributed by atoms with Crippen LogP contribution in [-0.2, 0) is 11.3 Å². The van der Waals surface area contributed by atoms with Gasteiger partial charge in [-0.25, -0.2) is 9.78 Å². The number of rotatable bonds is 4. The smallest absolute Gasteiger partial charge is 0.356 e. The number of aromatic nitrogens is 3. The number of carbonyl (C=O) groups excluding carboxylic acids is 1. The zero-order valence-electron chi connectivity index (χ0n) is 12.6. The Hall–Kier alpha value is -2.99. The molecule has 0 aliphatic rings. The molecule has 0 fully saturated rings. The molecule has 0 bridgehead atoms. The van der Waals surface area contributed by atoms with Gasteiger partial charge in [-0.1, -0.05) is 42.5 Å². The largest absolute Gasteiger partial charge is 0.454 e. The lowest BCUT2D eigenvalue weighted by Gasteiger charge is -1.99. The topological polar surface area (TPSA) is 67.9 Å². The second-order valence-electron chi connectivity index (χ2n) is 5.18. The molecule has 0 aliphatic carbocycles. The van der Waals surface area contributed by atoms with Crippen molar-refractivity contribution < 1.29 is 9.53 Å². The van der Waals surface area contributed by atoms with Crippen molar-refractivity contribution >= 4 is 27.5 Å². The van der Waals surface area contributed by atoms with Crippen molar-refractivity contribution in [2.75, 3.05) is 0 Å². The van der Waals surface area contributed by atoms with Gasteiger partial charge in [-0.05, 0) is 18.2 Å². The summed E-state index contributed by atoms with van der Waals surface area (Å²) in [5.74, 6) is -0.441. The van der Waals surface area contributed by atoms with Crippen molar-refractivity contribution in [3.05, 3.63) is 71.4 Å². The number of nitrogens with one attached hydrogen (secondary N) is 1. The number of nitrogens with zero attached hydrogens (tertiary/aromatic N) is 2. The van der Waals surface area contributed by atoms with E-state index < -0.39 is 5.97 Å². The molecule has 0 amide bonds. The first-order valence-corrected chi connectivity index (χ1v) is 8.24. The number of H-pyrrole nitrogens is 1. The number of hydrogen-bond acceptors (Lipinski definition) is 5. The minimum atomic E-state index is -0.441. The Kier molecular flexibility index (Phi) is 3.80. The monoisotopic (exact) mass is 335 g/mol. The summed E-state index contributed by atoms with van der Waals surface area (Å²) in [5.41, 5.74) is 2.90. The molecule has 0 radical (unpaired) electrons. The highest BCUT2D eigenvalue weighted by atomic mass is 32.1. The Bertz CT molecular complexity index is 959. The lowest BCUT2D eigenvalue weighted by Crippen LogP contribution is -2.05. The molecule has 6 heteroatoms. The summed E-state index contributed by atoms with van der Waals surface area (Å²) in [6.45, 7) is 0.151. The highest BCUT2D eigenvalue weighted by molar-refractivity contribution is 7.18. The number of hydrogen-bond donors (Lipinski definition) is 1. The molecule has 0 unspecified atom stereocenters. The third-order valence-corrected chi connectivity index (χ3v) is 4.54. The Labute approximate surface area is 141 Å². The molecule has 0 saturated heterocycles. The number of para-hydroxylation sites is 1. The fraction of sp³-hybridized carbons (Fsp3) is 0.0556. The van der Waals surface area contributed by atoms with Crippen molar-refractivity contribution in [3.63, 3.8) is 0 Å². The van der Waals surface area contributed by atoms with Crippen LogP contribution in [0.25, 0.3) is 21.5 Å². The minimum Gasteiger partial charge on any atom is -0.454 e. The van der Waals surface area contributed by atoms with E-state index in [2.05, 4.69) is 15.2 Å². The number of ether oxygens (including phenoxy) is 1. The molecule has 0 atom stereocenters. The predicted octanol–water partition coefficient (Wildman–Crippen LogP) is 4.04. The zero-order chi connectivity index (χ0) is 16.4. The molecular formula is C18H13N3O2S. The summed E-state index contributed by atoms with van der Waals surface area (Å²) < 4.78 is 6.41. The van der Waals surface area contributed by atoms with E-state index in [0.717, 1.165) is 20.8 Å². The van der Waals surface area contributed by atoms with Gasteiger partial charge < -0.3 is 4.74 Å². The maximum Gasteiger partial charge on any atom is 0.356 e. The summed E-state index contributed by atoms with van der Waals surface area (Å²) >= 11 is 1.52. The highest BCUT2D eigenvalue weighted by Gasteiger charge is 2.13. The van der Waals surface area contributed by atoms with Crippen molar-refractivity contribution in [2.45, 2.75) is 6.61 Å². The number of aromatic amines is 1. The molecule has 0 saturated carbocycles. The van der Waals surface area contributed by atoms with Crippen LogP contribution in [-0.4, -0.2) is 21.2 Å². The predicted molar refractivity (Wildman–Crippen MR) is 92.8 cm³/mol. The average Bonchev–Trinajstić information content (AvgIpc) is 3.27. The van der Waals surface area contributed by atoms with E-state index in [9.17, 15) is 4.79 Å². The molecule has 4 aromatic rings. The summed E-state index contributed by atoms with van der Waals surface area (Å²) in [7, 11) is 0. The number of carbonyl (C=O) groups is 1. The average molecular weight is 335 g/mol. The lowest BCUT2D eigenvalue weighted by molar-refractivity contribution is 0.0465. The van der Waals surface area contributed by atoms with Crippen molar-refractivity contribution in [2.24, 2.45) is 0 Å². The van der Waals surface area contributed by atoms with Crippen LogP contribution < -0.4 is 0 Å². The van der Waals surface area contributed by atoms with Gasteiger partial charge in [0.1, 0.15) is 17.3 Å². The van der Waals surface area contributed by atoms with Crippen molar-refractivity contribution in [3.8, 4) is 11.3 Å². The Morgan fingerprint density at radius 2 is 1.88 bits per heavy atom. The molecule has 1 N–H and O–H groups in total. The SMILES string of the molecule is O=C(OCc1nc2ccccc2s1)c1cc(-c2ccccc2)n[nH]1. The zero-order valence-corrected chi connectivity index (χ0v) is 13.4. The third kappa shape index (κ3) is 2.91. The van der Waals surface area contributed by atoms with E-state index in [1.54, 1.807) is 6.07 Å². The molecule has 0 aliphatic heterocycles. The maximum absolute atomic E-state index is 12.2. The van der Waals surface area contributed by atoms with Gasteiger partial charge in [0.2, 0.25) is 0 Å². The number of fused-ring (bicyclic) bond motifs is 1. The molecule has 118 valence electrons. The Morgan fingerprint density at radius 1 is 1.08 bits per heavy atom. The first-order chi connectivity index (χ1) is 11.8. The van der Waals surface area contributed by atoms with Gasteiger partial charge in [-0.3, -0.25) is 5.10 Å². The number of benzene rings is 2. The van der Waals surface area contributed by atoms with E-state index in [4.69, 9.17) is 4.74 Å². The van der Waals surface area contributed by atoms with Gasteiger partial charge in [-0.15, -0.1) is 11.3 Å². The number of esters is 1. The highest BCUT2D eigenvalue weighted by Crippen LogP contribution is 2.22. The maximum atomic E-state index is 12.2. The van der Waals surface area contributed by atoms with Crippen LogP contribution in [0.15, 0.2) is 60.7 Å². The Balaban J connectivity index is 1.45. The van der Waals surface area contributed by atoms with E-state index in [1.165, 1.54) is 11.3 Å². The van der Waals surface area contributed by atoms with E-state index in [0.29, 0.717) is 11.4 Å². The molecule has 2 aromatic carbocycles. The summed E-state index contributed by atoms with van der Waals surface area (Å²) in [5, 5.41) is 7.65. The van der Waals surface area contributed by atoms with Gasteiger partial charge >= 0.3 is 5.97 Å². The van der Waals surface area contributed by atoms with Crippen LogP contribution in [0, 0.1) is 0 Å². The van der Waals surface area contributed by atoms with E-state index >= 15 is 0 Å². The van der Waals surface area contributed by atoms with Crippen molar-refractivity contribution in [1.29, 1.82) is 0 Å². The standard InChI is InChI=1S/C18H13N3O2S/c22-18(15-10-14(20-21-15)12-6-2-1-3-7-12)23-11-17-19-13-8-4-5-9-16(13)24-17/h1-10H,11H2,(H,20,21). The molecule has 4 rings (SSSR count). The molecule has 2 heterocycles. The van der Waals surface area contributed by atoms with Gasteiger partial charge in [0, 0.05) is 5.56 Å². The summed E-state index contributed by atoms with van der Waals surface area (Å²) in [6, 6.07) is 19.2. The molecule has 0 spiro atoms. The van der Waals surface area contributed by atoms with Gasteiger partial charge in [0.15, 0.2) is 0 Å². The number of thiazole rings is 1. The summed E-state index contributed by atoms with van der Waals surface area (Å²) in [4.78, 5) is 16.6. The van der Waals surface area contributed by atoms with Crippen molar-refractivity contribution in [1.82, 2.24) is 15.2 Å². The second kappa shape index (κ2) is 6.25. The molecule has 24 heavy (non-hydrogen) atoms. The van der Waals surface area contributed by atoms with Gasteiger partial charge in [0.05, 0.1) is 15.9 Å². The first kappa shape index (κ1) is 14.6. The molecule has 5 nitrogen and oxygen atoms in total. The van der Waals surface area contributed by atoms with Gasteiger partial charge in [-0.2, -0.15) is 5.10 Å². The summed E-state index contributed by atoms with van der Waals surface area (Å²) in [6.07, 6.45) is 0. The van der Waals surface area contributed by atoms with Gasteiger partial charge in [0.25, 0.3) is 0 Å². The normalized spacial score (nSPS) is 10.8. The fourth-order valence-corrected chi connectivity index (χ4v) is 3.25.